The van der Waals surface area contributed by atoms with Crippen LogP contribution >= 0.6 is 0 Å². The highest BCUT2D eigenvalue weighted by molar-refractivity contribution is 5.99. The van der Waals surface area contributed by atoms with E-state index in [2.05, 4.69) is 17.6 Å². The molecule has 0 aliphatic carbocycles. The molecule has 0 radical (unpaired) electrons. The monoisotopic (exact) mass is 326 g/mol. The molecule has 2 aromatic rings. The second-order valence-electron chi connectivity index (χ2n) is 5.35. The van der Waals surface area contributed by atoms with E-state index >= 15 is 0 Å². The lowest BCUT2D eigenvalue weighted by Crippen LogP contribution is -2.32. The molecule has 2 aromatic carbocycles. The number of rotatable bonds is 5. The van der Waals surface area contributed by atoms with Crippen LogP contribution in [0.25, 0.3) is 0 Å². The Balaban J connectivity index is 1.52. The van der Waals surface area contributed by atoms with E-state index in [4.69, 9.17) is 9.47 Å². The molecule has 1 heterocycles. The van der Waals surface area contributed by atoms with Gasteiger partial charge < -0.3 is 20.1 Å². The van der Waals surface area contributed by atoms with Crippen LogP contribution in [0.15, 0.2) is 42.5 Å². The fourth-order valence-electron chi connectivity index (χ4n) is 2.33. The van der Waals surface area contributed by atoms with Crippen LogP contribution in [0.4, 0.5) is 5.69 Å². The molecule has 2 amide bonds. The van der Waals surface area contributed by atoms with Crippen LogP contribution in [-0.2, 0) is 11.2 Å². The molecule has 0 atom stereocenters. The number of amides is 2. The summed E-state index contributed by atoms with van der Waals surface area (Å²) in [7, 11) is 0. The number of aryl methyl sites for hydroxylation is 1. The van der Waals surface area contributed by atoms with Gasteiger partial charge in [-0.25, -0.2) is 0 Å². The van der Waals surface area contributed by atoms with E-state index in [-0.39, 0.29) is 25.2 Å². The van der Waals surface area contributed by atoms with Crippen molar-refractivity contribution >= 4 is 17.5 Å². The van der Waals surface area contributed by atoms with Crippen molar-refractivity contribution in [3.8, 4) is 11.5 Å². The predicted octanol–water partition coefficient (Wildman–Crippen LogP) is 2.35. The zero-order valence-electron chi connectivity index (χ0n) is 13.3. The standard InChI is InChI=1S/C18H18N2O4/c1-2-12-3-6-14(7-4-12)20-17(21)10-19-18(22)13-5-8-15-16(9-13)24-11-23-15/h3-9H,2,10-11H2,1H3,(H,19,22)(H,20,21). The summed E-state index contributed by atoms with van der Waals surface area (Å²) in [5.74, 6) is 0.515. The molecule has 0 aromatic heterocycles. The molecule has 0 saturated heterocycles. The van der Waals surface area contributed by atoms with Crippen molar-refractivity contribution in [3.05, 3.63) is 53.6 Å². The third kappa shape index (κ3) is 3.65. The summed E-state index contributed by atoms with van der Waals surface area (Å²) in [6, 6.07) is 12.5. The van der Waals surface area contributed by atoms with Gasteiger partial charge in [0.25, 0.3) is 5.91 Å². The van der Waals surface area contributed by atoms with Crippen LogP contribution in [-0.4, -0.2) is 25.2 Å². The zero-order chi connectivity index (χ0) is 16.9. The van der Waals surface area contributed by atoms with Gasteiger partial charge in [0.05, 0.1) is 6.54 Å². The number of carbonyl (C=O) groups excluding carboxylic acids is 2. The molecule has 0 fully saturated rings. The van der Waals surface area contributed by atoms with E-state index in [9.17, 15) is 9.59 Å². The third-order valence-electron chi connectivity index (χ3n) is 3.69. The van der Waals surface area contributed by atoms with Crippen LogP contribution in [0.5, 0.6) is 11.5 Å². The Kier molecular flexibility index (Phi) is 4.65. The van der Waals surface area contributed by atoms with Gasteiger partial charge in [0.15, 0.2) is 11.5 Å². The van der Waals surface area contributed by atoms with Gasteiger partial charge in [-0.2, -0.15) is 0 Å². The van der Waals surface area contributed by atoms with Gasteiger partial charge in [-0.05, 0) is 42.3 Å². The number of ether oxygens (including phenoxy) is 2. The van der Waals surface area contributed by atoms with E-state index in [1.807, 2.05) is 24.3 Å². The molecule has 2 N–H and O–H groups in total. The molecule has 1 aliphatic heterocycles. The largest absolute Gasteiger partial charge is 0.454 e. The maximum absolute atomic E-state index is 12.1. The summed E-state index contributed by atoms with van der Waals surface area (Å²) in [4.78, 5) is 24.0. The van der Waals surface area contributed by atoms with Crippen LogP contribution in [0, 0.1) is 0 Å². The Bertz CT molecular complexity index is 756. The molecule has 0 unspecified atom stereocenters. The van der Waals surface area contributed by atoms with Crippen molar-refractivity contribution in [1.29, 1.82) is 0 Å². The van der Waals surface area contributed by atoms with Gasteiger partial charge in [0.2, 0.25) is 12.7 Å². The first-order valence-electron chi connectivity index (χ1n) is 7.72. The number of carbonyl (C=O) groups is 2. The Labute approximate surface area is 139 Å². The van der Waals surface area contributed by atoms with Crippen molar-refractivity contribution in [2.45, 2.75) is 13.3 Å². The minimum atomic E-state index is -0.343. The van der Waals surface area contributed by atoms with Gasteiger partial charge in [-0.3, -0.25) is 9.59 Å². The summed E-state index contributed by atoms with van der Waals surface area (Å²) in [6.45, 7) is 2.11. The normalized spacial score (nSPS) is 11.9. The quantitative estimate of drug-likeness (QED) is 0.884. The number of benzene rings is 2. The van der Waals surface area contributed by atoms with Gasteiger partial charge in [0, 0.05) is 11.3 Å². The van der Waals surface area contributed by atoms with E-state index in [1.54, 1.807) is 18.2 Å². The topological polar surface area (TPSA) is 76.7 Å². The zero-order valence-corrected chi connectivity index (χ0v) is 13.3. The Hall–Kier alpha value is -3.02. The first kappa shape index (κ1) is 15.9. The van der Waals surface area contributed by atoms with Crippen LogP contribution in [0.3, 0.4) is 0 Å². The maximum atomic E-state index is 12.1. The summed E-state index contributed by atoms with van der Waals surface area (Å²) in [5.41, 5.74) is 2.32. The second-order valence-corrected chi connectivity index (χ2v) is 5.35. The average molecular weight is 326 g/mol. The number of fused-ring (bicyclic) bond motifs is 1. The molecule has 3 rings (SSSR count). The number of nitrogens with one attached hydrogen (secondary N) is 2. The lowest BCUT2D eigenvalue weighted by atomic mass is 10.1. The smallest absolute Gasteiger partial charge is 0.251 e. The van der Waals surface area contributed by atoms with Crippen LogP contribution < -0.4 is 20.1 Å². The van der Waals surface area contributed by atoms with Gasteiger partial charge >= 0.3 is 0 Å². The van der Waals surface area contributed by atoms with Crippen molar-refractivity contribution in [2.24, 2.45) is 0 Å². The number of hydrogen-bond acceptors (Lipinski definition) is 4. The minimum absolute atomic E-state index is 0.108. The van der Waals surface area contributed by atoms with Crippen molar-refractivity contribution < 1.29 is 19.1 Å². The minimum Gasteiger partial charge on any atom is -0.454 e. The first-order chi connectivity index (χ1) is 11.7. The van der Waals surface area contributed by atoms with Gasteiger partial charge in [-0.15, -0.1) is 0 Å². The van der Waals surface area contributed by atoms with E-state index < -0.39 is 0 Å². The highest BCUT2D eigenvalue weighted by Crippen LogP contribution is 2.32. The van der Waals surface area contributed by atoms with Crippen LogP contribution in [0.1, 0.15) is 22.8 Å². The lowest BCUT2D eigenvalue weighted by molar-refractivity contribution is -0.115. The molecule has 6 nitrogen and oxygen atoms in total. The molecule has 1 aliphatic rings. The Morgan fingerprint density at radius 3 is 2.54 bits per heavy atom. The Morgan fingerprint density at radius 2 is 1.79 bits per heavy atom. The lowest BCUT2D eigenvalue weighted by Gasteiger charge is -2.08. The van der Waals surface area contributed by atoms with Gasteiger partial charge in [0.1, 0.15) is 0 Å². The SMILES string of the molecule is CCc1ccc(NC(=O)CNC(=O)c2ccc3c(c2)OCO3)cc1. The summed E-state index contributed by atoms with van der Waals surface area (Å²) < 4.78 is 10.4. The van der Waals surface area contributed by atoms with Crippen molar-refractivity contribution in [3.63, 3.8) is 0 Å². The molecular formula is C18H18N2O4. The fourth-order valence-corrected chi connectivity index (χ4v) is 2.33. The maximum Gasteiger partial charge on any atom is 0.251 e. The van der Waals surface area contributed by atoms with Crippen LogP contribution in [0.2, 0.25) is 0 Å². The van der Waals surface area contributed by atoms with Crippen molar-refractivity contribution in [2.75, 3.05) is 18.7 Å². The molecule has 0 bridgehead atoms. The second kappa shape index (κ2) is 7.04. The molecule has 124 valence electrons. The highest BCUT2D eigenvalue weighted by atomic mass is 16.7. The summed E-state index contributed by atoms with van der Waals surface area (Å²) >= 11 is 0. The average Bonchev–Trinajstić information content (AvgIpc) is 3.08. The third-order valence-corrected chi connectivity index (χ3v) is 3.69. The number of anilines is 1. The van der Waals surface area contributed by atoms with E-state index in [0.717, 1.165) is 6.42 Å². The Morgan fingerprint density at radius 1 is 1.04 bits per heavy atom. The fraction of sp³-hybridized carbons (Fsp3) is 0.222. The molecule has 0 spiro atoms. The predicted molar refractivity (Wildman–Crippen MR) is 89.3 cm³/mol. The molecule has 24 heavy (non-hydrogen) atoms. The molecule has 6 heteroatoms. The first-order valence-corrected chi connectivity index (χ1v) is 7.72. The number of hydrogen-bond donors (Lipinski definition) is 2. The molecular weight excluding hydrogens is 308 g/mol. The highest BCUT2D eigenvalue weighted by Gasteiger charge is 2.16. The molecule has 0 saturated carbocycles. The van der Waals surface area contributed by atoms with Crippen molar-refractivity contribution in [1.82, 2.24) is 5.32 Å². The van der Waals surface area contributed by atoms with E-state index in [1.165, 1.54) is 5.56 Å². The van der Waals surface area contributed by atoms with Gasteiger partial charge in [-0.1, -0.05) is 19.1 Å². The summed E-state index contributed by atoms with van der Waals surface area (Å²) in [6.07, 6.45) is 0.944. The van der Waals surface area contributed by atoms with E-state index in [0.29, 0.717) is 22.7 Å². The summed E-state index contributed by atoms with van der Waals surface area (Å²) in [5, 5.41) is 5.33.